The number of amides is 1. The number of halogens is 1. The van der Waals surface area contributed by atoms with Gasteiger partial charge in [-0.1, -0.05) is 35.9 Å². The Hall–Kier alpha value is -2.00. The highest BCUT2D eigenvalue weighted by atomic mass is 35.5. The zero-order valence-electron chi connectivity index (χ0n) is 14.6. The van der Waals surface area contributed by atoms with Gasteiger partial charge >= 0.3 is 0 Å². The zero-order chi connectivity index (χ0) is 17.6. The molecule has 0 atom stereocenters. The van der Waals surface area contributed by atoms with Crippen LogP contribution in [0.5, 0.6) is 0 Å². The van der Waals surface area contributed by atoms with E-state index in [1.807, 2.05) is 37.3 Å². The Morgan fingerprint density at radius 3 is 2.48 bits per heavy atom. The molecular weight excluding hydrogens is 332 g/mol. The molecule has 132 valence electrons. The highest BCUT2D eigenvalue weighted by Crippen LogP contribution is 2.25. The number of benzene rings is 2. The van der Waals surface area contributed by atoms with Crippen LogP contribution < -0.4 is 10.6 Å². The SMILES string of the molecule is Cc1ccc(C(=O)N[C@H]2CC[C@H](CNc3ccccc3)CC2)cc1Cl. The second kappa shape index (κ2) is 8.39. The first-order valence-electron chi connectivity index (χ1n) is 8.98. The third-order valence-corrected chi connectivity index (χ3v) is 5.39. The molecule has 0 bridgehead atoms. The van der Waals surface area contributed by atoms with Crippen LogP contribution in [0.1, 0.15) is 41.6 Å². The first-order valence-corrected chi connectivity index (χ1v) is 9.35. The van der Waals surface area contributed by atoms with Gasteiger partial charge in [-0.25, -0.2) is 0 Å². The predicted octanol–water partition coefficient (Wildman–Crippen LogP) is 5.05. The van der Waals surface area contributed by atoms with Crippen LogP contribution in [0.25, 0.3) is 0 Å². The van der Waals surface area contributed by atoms with Gasteiger partial charge in [-0.3, -0.25) is 4.79 Å². The van der Waals surface area contributed by atoms with Crippen LogP contribution in [0, 0.1) is 12.8 Å². The molecule has 2 N–H and O–H groups in total. The number of para-hydroxylation sites is 1. The largest absolute Gasteiger partial charge is 0.385 e. The van der Waals surface area contributed by atoms with Crippen molar-refractivity contribution >= 4 is 23.2 Å². The van der Waals surface area contributed by atoms with Gasteiger partial charge in [0.1, 0.15) is 0 Å². The highest BCUT2D eigenvalue weighted by molar-refractivity contribution is 6.31. The molecular formula is C21H25ClN2O. The second-order valence-corrected chi connectivity index (χ2v) is 7.31. The molecule has 3 nitrogen and oxygen atoms in total. The van der Waals surface area contributed by atoms with E-state index >= 15 is 0 Å². The number of rotatable bonds is 5. The number of nitrogens with one attached hydrogen (secondary N) is 2. The maximum atomic E-state index is 12.4. The molecule has 0 heterocycles. The third kappa shape index (κ3) is 4.99. The van der Waals surface area contributed by atoms with E-state index < -0.39 is 0 Å². The summed E-state index contributed by atoms with van der Waals surface area (Å²) in [5.41, 5.74) is 2.81. The average molecular weight is 357 g/mol. The summed E-state index contributed by atoms with van der Waals surface area (Å²) in [4.78, 5) is 12.4. The Kier molecular flexibility index (Phi) is 5.98. The lowest BCUT2D eigenvalue weighted by Crippen LogP contribution is -2.38. The molecule has 4 heteroatoms. The second-order valence-electron chi connectivity index (χ2n) is 6.90. The lowest BCUT2D eigenvalue weighted by molar-refractivity contribution is 0.0922. The fourth-order valence-corrected chi connectivity index (χ4v) is 3.51. The minimum absolute atomic E-state index is 0.0206. The fourth-order valence-electron chi connectivity index (χ4n) is 3.33. The predicted molar refractivity (Wildman–Crippen MR) is 104 cm³/mol. The summed E-state index contributed by atoms with van der Waals surface area (Å²) in [5, 5.41) is 7.31. The van der Waals surface area contributed by atoms with Crippen LogP contribution in [0.15, 0.2) is 48.5 Å². The van der Waals surface area contributed by atoms with Gasteiger partial charge in [0.05, 0.1) is 0 Å². The van der Waals surface area contributed by atoms with Crippen molar-refractivity contribution in [3.63, 3.8) is 0 Å². The summed E-state index contributed by atoms with van der Waals surface area (Å²) >= 11 is 6.12. The summed E-state index contributed by atoms with van der Waals surface area (Å²) in [6.45, 7) is 2.94. The van der Waals surface area contributed by atoms with Crippen molar-refractivity contribution in [2.45, 2.75) is 38.6 Å². The van der Waals surface area contributed by atoms with Crippen molar-refractivity contribution in [1.82, 2.24) is 5.32 Å². The molecule has 3 rings (SSSR count). The molecule has 0 unspecified atom stereocenters. The van der Waals surface area contributed by atoms with E-state index in [0.717, 1.165) is 37.8 Å². The van der Waals surface area contributed by atoms with E-state index in [1.54, 1.807) is 6.07 Å². The summed E-state index contributed by atoms with van der Waals surface area (Å²) in [5.74, 6) is 0.648. The lowest BCUT2D eigenvalue weighted by Gasteiger charge is -2.29. The van der Waals surface area contributed by atoms with Gasteiger partial charge in [-0.05, 0) is 68.4 Å². The molecule has 1 saturated carbocycles. The number of carbonyl (C=O) groups is 1. The molecule has 1 aliphatic rings. The van der Waals surface area contributed by atoms with Crippen LogP contribution in [0.4, 0.5) is 5.69 Å². The molecule has 1 fully saturated rings. The molecule has 1 amide bonds. The van der Waals surface area contributed by atoms with Crippen LogP contribution >= 0.6 is 11.6 Å². The Morgan fingerprint density at radius 1 is 1.08 bits per heavy atom. The number of hydrogen-bond donors (Lipinski definition) is 2. The molecule has 0 saturated heterocycles. The summed E-state index contributed by atoms with van der Waals surface area (Å²) in [6, 6.07) is 16.1. The van der Waals surface area contributed by atoms with Crippen LogP contribution in [-0.2, 0) is 0 Å². The number of anilines is 1. The first kappa shape index (κ1) is 17.8. The summed E-state index contributed by atoms with van der Waals surface area (Å²) < 4.78 is 0. The molecule has 0 spiro atoms. The van der Waals surface area contributed by atoms with E-state index in [1.165, 1.54) is 5.69 Å². The van der Waals surface area contributed by atoms with Crippen molar-refractivity contribution in [3.05, 3.63) is 64.7 Å². The van der Waals surface area contributed by atoms with Gasteiger partial charge in [-0.15, -0.1) is 0 Å². The van der Waals surface area contributed by atoms with Crippen LogP contribution in [0.3, 0.4) is 0 Å². The van der Waals surface area contributed by atoms with Crippen LogP contribution in [0.2, 0.25) is 5.02 Å². The smallest absolute Gasteiger partial charge is 0.251 e. The molecule has 2 aromatic carbocycles. The fraction of sp³-hybridized carbons (Fsp3) is 0.381. The topological polar surface area (TPSA) is 41.1 Å². The quantitative estimate of drug-likeness (QED) is 0.787. The number of aryl methyl sites for hydroxylation is 1. The van der Waals surface area contributed by atoms with Crippen molar-refractivity contribution in [2.75, 3.05) is 11.9 Å². The van der Waals surface area contributed by atoms with E-state index in [0.29, 0.717) is 16.5 Å². The molecule has 2 aromatic rings. The van der Waals surface area contributed by atoms with Crippen molar-refractivity contribution < 1.29 is 4.79 Å². The zero-order valence-corrected chi connectivity index (χ0v) is 15.4. The third-order valence-electron chi connectivity index (χ3n) is 4.98. The normalized spacial score (nSPS) is 20.1. The molecule has 0 aliphatic heterocycles. The van der Waals surface area contributed by atoms with Crippen molar-refractivity contribution in [3.8, 4) is 0 Å². The minimum atomic E-state index is -0.0206. The van der Waals surface area contributed by atoms with E-state index in [-0.39, 0.29) is 11.9 Å². The van der Waals surface area contributed by atoms with Gasteiger partial charge < -0.3 is 10.6 Å². The Morgan fingerprint density at radius 2 is 1.80 bits per heavy atom. The van der Waals surface area contributed by atoms with Crippen LogP contribution in [-0.4, -0.2) is 18.5 Å². The molecule has 0 aromatic heterocycles. The highest BCUT2D eigenvalue weighted by Gasteiger charge is 2.22. The Labute approximate surface area is 154 Å². The minimum Gasteiger partial charge on any atom is -0.385 e. The van der Waals surface area contributed by atoms with Gasteiger partial charge in [-0.2, -0.15) is 0 Å². The van der Waals surface area contributed by atoms with Gasteiger partial charge in [0.25, 0.3) is 5.91 Å². The molecule has 25 heavy (non-hydrogen) atoms. The standard InChI is InChI=1S/C21H25ClN2O/c1-15-7-10-17(13-20(15)22)21(25)24-19-11-8-16(9-12-19)14-23-18-5-3-2-4-6-18/h2-7,10,13,16,19,23H,8-9,11-12,14H2,1H3,(H,24,25)/t16-,19-. The van der Waals surface area contributed by atoms with Crippen molar-refractivity contribution in [2.24, 2.45) is 5.92 Å². The summed E-state index contributed by atoms with van der Waals surface area (Å²) in [7, 11) is 0. The number of carbonyl (C=O) groups excluding carboxylic acids is 1. The van der Waals surface area contributed by atoms with Gasteiger partial charge in [0, 0.05) is 28.9 Å². The van der Waals surface area contributed by atoms with Gasteiger partial charge in [0.2, 0.25) is 0 Å². The average Bonchev–Trinajstić information content (AvgIpc) is 2.64. The number of hydrogen-bond acceptors (Lipinski definition) is 2. The molecule has 1 aliphatic carbocycles. The summed E-state index contributed by atoms with van der Waals surface area (Å²) in [6.07, 6.45) is 4.35. The van der Waals surface area contributed by atoms with Gasteiger partial charge in [0.15, 0.2) is 0 Å². The van der Waals surface area contributed by atoms with E-state index in [4.69, 9.17) is 11.6 Å². The monoisotopic (exact) mass is 356 g/mol. The Bertz CT molecular complexity index is 709. The first-order chi connectivity index (χ1) is 12.1. The molecule has 0 radical (unpaired) electrons. The Balaban J connectivity index is 1.44. The van der Waals surface area contributed by atoms with Crippen molar-refractivity contribution in [1.29, 1.82) is 0 Å². The van der Waals surface area contributed by atoms with E-state index in [2.05, 4.69) is 22.8 Å². The lowest BCUT2D eigenvalue weighted by atomic mass is 9.86. The maximum absolute atomic E-state index is 12.4. The maximum Gasteiger partial charge on any atom is 0.251 e. The van der Waals surface area contributed by atoms with E-state index in [9.17, 15) is 4.79 Å².